The number of rotatable bonds is 1. The summed E-state index contributed by atoms with van der Waals surface area (Å²) in [7, 11) is 0. The number of carbonyl (C=O) groups excluding carboxylic acids is 2. The van der Waals surface area contributed by atoms with Gasteiger partial charge in [0.25, 0.3) is 5.91 Å². The predicted molar refractivity (Wildman–Crippen MR) is 74.2 cm³/mol. The largest absolute Gasteiger partial charge is 0.448 e. The van der Waals surface area contributed by atoms with Crippen molar-refractivity contribution in [2.75, 3.05) is 6.61 Å². The molecule has 0 spiro atoms. The maximum Gasteiger partial charge on any atom is 0.434 e. The number of ether oxygens (including phenoxy) is 1. The second-order valence-electron chi connectivity index (χ2n) is 4.98. The molecule has 1 heterocycles. The summed E-state index contributed by atoms with van der Waals surface area (Å²) in [6.07, 6.45) is 7.83. The van der Waals surface area contributed by atoms with Crippen LogP contribution in [0, 0.1) is 5.92 Å². The average molecular weight is 272 g/mol. The summed E-state index contributed by atoms with van der Waals surface area (Å²) in [5.41, 5.74) is 3.47. The maximum absolute atomic E-state index is 12.0. The monoisotopic (exact) mass is 272 g/mol. The van der Waals surface area contributed by atoms with Gasteiger partial charge >= 0.3 is 6.09 Å². The van der Waals surface area contributed by atoms with E-state index >= 15 is 0 Å². The van der Waals surface area contributed by atoms with Crippen LogP contribution in [0.15, 0.2) is 40.1 Å². The van der Waals surface area contributed by atoms with Crippen molar-refractivity contribution < 1.29 is 14.3 Å². The molecule has 3 aliphatic rings. The van der Waals surface area contributed by atoms with E-state index in [0.717, 1.165) is 30.5 Å². The molecule has 0 aromatic heterocycles. The fourth-order valence-electron chi connectivity index (χ4n) is 2.92. The molecule has 20 heavy (non-hydrogen) atoms. The second kappa shape index (κ2) is 5.07. The van der Waals surface area contributed by atoms with Gasteiger partial charge in [-0.05, 0) is 43.9 Å². The number of allylic oxidation sites excluding steroid dienone is 3. The lowest BCUT2D eigenvalue weighted by atomic mass is 9.85. The number of carbonyl (C=O) groups is 2. The molecular formula is C15H16N2O3. The van der Waals surface area contributed by atoms with E-state index in [0.29, 0.717) is 12.3 Å². The first-order valence-corrected chi connectivity index (χ1v) is 6.87. The molecule has 1 atom stereocenters. The smallest absolute Gasteiger partial charge is 0.434 e. The number of fused-ring (bicyclic) bond motifs is 2. The van der Waals surface area contributed by atoms with Crippen LogP contribution < -0.4 is 5.32 Å². The summed E-state index contributed by atoms with van der Waals surface area (Å²) in [6, 6.07) is 0. The normalized spacial score (nSPS) is 26.1. The Bertz CT molecular complexity index is 596. The van der Waals surface area contributed by atoms with E-state index in [2.05, 4.69) is 10.3 Å². The van der Waals surface area contributed by atoms with Gasteiger partial charge in [-0.15, -0.1) is 0 Å². The lowest BCUT2D eigenvalue weighted by Gasteiger charge is -2.28. The minimum atomic E-state index is -0.606. The van der Waals surface area contributed by atoms with Crippen molar-refractivity contribution in [2.24, 2.45) is 10.9 Å². The Morgan fingerprint density at radius 3 is 3.15 bits per heavy atom. The zero-order valence-electron chi connectivity index (χ0n) is 11.3. The minimum Gasteiger partial charge on any atom is -0.448 e. The third-order valence-corrected chi connectivity index (χ3v) is 3.75. The Balaban J connectivity index is 1.88. The Morgan fingerprint density at radius 2 is 2.35 bits per heavy atom. The molecule has 5 heteroatoms. The Morgan fingerprint density at radius 1 is 1.50 bits per heavy atom. The van der Waals surface area contributed by atoms with Crippen molar-refractivity contribution in [3.8, 4) is 0 Å². The van der Waals surface area contributed by atoms with Crippen LogP contribution in [-0.4, -0.2) is 24.3 Å². The molecule has 1 unspecified atom stereocenters. The van der Waals surface area contributed by atoms with Crippen LogP contribution in [0.1, 0.15) is 26.2 Å². The van der Waals surface area contributed by atoms with E-state index in [4.69, 9.17) is 4.74 Å². The molecule has 0 fully saturated rings. The third-order valence-electron chi connectivity index (χ3n) is 3.75. The van der Waals surface area contributed by atoms with Crippen LogP contribution in [0.25, 0.3) is 0 Å². The van der Waals surface area contributed by atoms with Gasteiger partial charge in [-0.2, -0.15) is 4.99 Å². The molecule has 0 radical (unpaired) electrons. The molecule has 0 saturated heterocycles. The van der Waals surface area contributed by atoms with Crippen molar-refractivity contribution in [2.45, 2.75) is 26.2 Å². The van der Waals surface area contributed by atoms with Crippen molar-refractivity contribution in [1.82, 2.24) is 5.32 Å². The van der Waals surface area contributed by atoms with Gasteiger partial charge in [0.1, 0.15) is 0 Å². The third kappa shape index (κ3) is 2.19. The molecule has 104 valence electrons. The Kier molecular flexibility index (Phi) is 3.26. The number of nitrogens with zero attached hydrogens (tertiary/aromatic N) is 1. The van der Waals surface area contributed by atoms with E-state index in [9.17, 15) is 9.59 Å². The average Bonchev–Trinajstić information content (AvgIpc) is 2.89. The van der Waals surface area contributed by atoms with E-state index in [1.54, 1.807) is 13.0 Å². The highest BCUT2D eigenvalue weighted by Gasteiger charge is 2.34. The molecule has 1 aliphatic heterocycles. The molecule has 1 N–H and O–H groups in total. The number of hydrogen-bond acceptors (Lipinski definition) is 3. The molecule has 3 rings (SSSR count). The molecule has 0 bridgehead atoms. The van der Waals surface area contributed by atoms with Crippen LogP contribution in [0.4, 0.5) is 4.79 Å². The summed E-state index contributed by atoms with van der Waals surface area (Å²) in [5, 5.41) is 2.91. The number of nitrogens with one attached hydrogen (secondary N) is 1. The van der Waals surface area contributed by atoms with Crippen LogP contribution in [0.5, 0.6) is 0 Å². The SMILES string of the molecule is CCOC(=O)/N=C1/C=CC2C(=C1)NC(=O)C1=C2CCC1. The highest BCUT2D eigenvalue weighted by Crippen LogP contribution is 2.39. The van der Waals surface area contributed by atoms with E-state index in [1.807, 2.05) is 12.2 Å². The number of aliphatic imine (C=N–C) groups is 1. The first kappa shape index (κ1) is 12.8. The van der Waals surface area contributed by atoms with Gasteiger partial charge in [-0.1, -0.05) is 6.08 Å². The minimum absolute atomic E-state index is 0.00853. The van der Waals surface area contributed by atoms with Crippen molar-refractivity contribution in [3.63, 3.8) is 0 Å². The number of amides is 2. The zero-order valence-corrected chi connectivity index (χ0v) is 11.3. The highest BCUT2D eigenvalue weighted by molar-refractivity contribution is 6.11. The van der Waals surface area contributed by atoms with Gasteiger partial charge < -0.3 is 10.1 Å². The molecule has 2 aliphatic carbocycles. The zero-order chi connectivity index (χ0) is 14.1. The fourth-order valence-corrected chi connectivity index (χ4v) is 2.92. The summed E-state index contributed by atoms with van der Waals surface area (Å²) < 4.78 is 4.78. The van der Waals surface area contributed by atoms with Gasteiger partial charge in [0.05, 0.1) is 12.3 Å². The van der Waals surface area contributed by atoms with Crippen molar-refractivity contribution in [3.05, 3.63) is 35.1 Å². The molecule has 0 aromatic carbocycles. The lowest BCUT2D eigenvalue weighted by molar-refractivity contribution is -0.117. The molecular weight excluding hydrogens is 256 g/mol. The topological polar surface area (TPSA) is 67.8 Å². The highest BCUT2D eigenvalue weighted by atomic mass is 16.5. The molecule has 0 saturated carbocycles. The van der Waals surface area contributed by atoms with E-state index < -0.39 is 6.09 Å². The molecule has 2 amide bonds. The molecule has 0 aromatic rings. The van der Waals surface area contributed by atoms with Gasteiger partial charge in [-0.25, -0.2) is 4.79 Å². The van der Waals surface area contributed by atoms with E-state index in [1.165, 1.54) is 5.57 Å². The second-order valence-corrected chi connectivity index (χ2v) is 4.98. The Labute approximate surface area is 117 Å². The summed E-state index contributed by atoms with van der Waals surface area (Å²) in [6.45, 7) is 2.03. The van der Waals surface area contributed by atoms with Crippen LogP contribution in [0.3, 0.4) is 0 Å². The van der Waals surface area contributed by atoms with Gasteiger partial charge in [0, 0.05) is 17.2 Å². The first-order valence-electron chi connectivity index (χ1n) is 6.87. The van der Waals surface area contributed by atoms with Crippen LogP contribution in [0.2, 0.25) is 0 Å². The molecule has 5 nitrogen and oxygen atoms in total. The Hall–Kier alpha value is -2.17. The van der Waals surface area contributed by atoms with E-state index in [-0.39, 0.29) is 11.8 Å². The van der Waals surface area contributed by atoms with Crippen LogP contribution >= 0.6 is 0 Å². The van der Waals surface area contributed by atoms with Crippen molar-refractivity contribution >= 4 is 17.7 Å². The summed E-state index contributed by atoms with van der Waals surface area (Å²) >= 11 is 0. The number of hydrogen-bond donors (Lipinski definition) is 1. The quantitative estimate of drug-likeness (QED) is 0.796. The first-order chi connectivity index (χ1) is 9.69. The summed E-state index contributed by atoms with van der Waals surface area (Å²) in [4.78, 5) is 27.2. The lowest BCUT2D eigenvalue weighted by Crippen LogP contribution is -2.35. The van der Waals surface area contributed by atoms with Crippen LogP contribution in [-0.2, 0) is 9.53 Å². The van der Waals surface area contributed by atoms with Gasteiger partial charge in [-0.3, -0.25) is 4.79 Å². The van der Waals surface area contributed by atoms with Gasteiger partial charge in [0.2, 0.25) is 0 Å². The predicted octanol–water partition coefficient (Wildman–Crippen LogP) is 2.26. The maximum atomic E-state index is 12.0. The fraction of sp³-hybridized carbons (Fsp3) is 0.400. The summed E-state index contributed by atoms with van der Waals surface area (Å²) in [5.74, 6) is 0.122. The standard InChI is InChI=1S/C15H16N2O3/c1-2-20-15(19)16-9-6-7-11-10-4-3-5-12(10)14(18)17-13(11)8-9/h6-8,11H,2-5H2,1H3,(H,17,18)/b16-9-. The van der Waals surface area contributed by atoms with Gasteiger partial charge in [0.15, 0.2) is 0 Å². The van der Waals surface area contributed by atoms with Crippen molar-refractivity contribution in [1.29, 1.82) is 0 Å².